The van der Waals surface area contributed by atoms with Crippen LogP contribution in [-0.4, -0.2) is 18.4 Å². The van der Waals surface area contributed by atoms with Gasteiger partial charge in [-0.1, -0.05) is 13.2 Å². The highest BCUT2D eigenvalue weighted by molar-refractivity contribution is 5.90. The molecule has 0 bridgehead atoms. The zero-order valence-corrected chi connectivity index (χ0v) is 6.09. The molecular formula is C7H10N2O2. The third-order valence-corrected chi connectivity index (χ3v) is 0.872. The first kappa shape index (κ1) is 9.42. The highest BCUT2D eigenvalue weighted by Gasteiger charge is 1.98. The molecule has 11 heavy (non-hydrogen) atoms. The Morgan fingerprint density at radius 2 is 2.00 bits per heavy atom. The molecule has 0 heterocycles. The smallest absolute Gasteiger partial charge is 0.243 e. The van der Waals surface area contributed by atoms with E-state index in [4.69, 9.17) is 0 Å². The Balaban J connectivity index is 3.53. The number of carbonyl (C=O) groups excluding carboxylic acids is 2. The molecular weight excluding hydrogens is 144 g/mol. The van der Waals surface area contributed by atoms with Crippen LogP contribution in [-0.2, 0) is 9.59 Å². The van der Waals surface area contributed by atoms with Crippen molar-refractivity contribution < 1.29 is 9.59 Å². The summed E-state index contributed by atoms with van der Waals surface area (Å²) in [5.41, 5.74) is 0. The summed E-state index contributed by atoms with van der Waals surface area (Å²) in [7, 11) is 0. The molecule has 0 unspecified atom stereocenters. The number of hydrogen-bond donors (Lipinski definition) is 2. The van der Waals surface area contributed by atoms with Crippen molar-refractivity contribution in [2.24, 2.45) is 0 Å². The maximum atomic E-state index is 10.6. The van der Waals surface area contributed by atoms with Gasteiger partial charge in [0.2, 0.25) is 11.8 Å². The predicted octanol–water partition coefficient (Wildman–Crippen LogP) is -0.452. The lowest BCUT2D eigenvalue weighted by molar-refractivity contribution is -0.123. The fourth-order valence-corrected chi connectivity index (χ4v) is 0.404. The standard InChI is InChI=1S/C7H10N2O2/c1-3-6(10)9-5-7(11)8-4-2/h3-4H,1-2,5H2,(H,8,11)(H,9,10). The van der Waals surface area contributed by atoms with Crippen molar-refractivity contribution in [2.75, 3.05) is 6.54 Å². The van der Waals surface area contributed by atoms with Crippen LogP contribution in [0.25, 0.3) is 0 Å². The first-order valence-electron chi connectivity index (χ1n) is 3.01. The lowest BCUT2D eigenvalue weighted by Gasteiger charge is -1.99. The molecule has 0 radical (unpaired) electrons. The average molecular weight is 154 g/mol. The SMILES string of the molecule is C=CNC(=O)CNC(=O)C=C. The Hall–Kier alpha value is -1.58. The monoisotopic (exact) mass is 154 g/mol. The summed E-state index contributed by atoms with van der Waals surface area (Å²) in [4.78, 5) is 21.1. The molecule has 4 heteroatoms. The van der Waals surface area contributed by atoms with Gasteiger partial charge in [0.1, 0.15) is 0 Å². The van der Waals surface area contributed by atoms with Crippen molar-refractivity contribution >= 4 is 11.8 Å². The summed E-state index contributed by atoms with van der Waals surface area (Å²) < 4.78 is 0. The largest absolute Gasteiger partial charge is 0.343 e. The van der Waals surface area contributed by atoms with Gasteiger partial charge in [0.15, 0.2) is 0 Å². The van der Waals surface area contributed by atoms with Gasteiger partial charge in [-0.25, -0.2) is 0 Å². The van der Waals surface area contributed by atoms with Crippen molar-refractivity contribution in [3.63, 3.8) is 0 Å². The lowest BCUT2D eigenvalue weighted by Crippen LogP contribution is -2.33. The van der Waals surface area contributed by atoms with E-state index in [0.717, 1.165) is 6.08 Å². The van der Waals surface area contributed by atoms with Crippen LogP contribution in [0.1, 0.15) is 0 Å². The molecule has 0 aliphatic carbocycles. The predicted molar refractivity (Wildman–Crippen MR) is 41.5 cm³/mol. The van der Waals surface area contributed by atoms with E-state index in [-0.39, 0.29) is 18.4 Å². The highest BCUT2D eigenvalue weighted by atomic mass is 16.2. The molecule has 0 aromatic rings. The van der Waals surface area contributed by atoms with E-state index in [1.807, 2.05) is 0 Å². The van der Waals surface area contributed by atoms with Crippen LogP contribution in [0.2, 0.25) is 0 Å². The summed E-state index contributed by atoms with van der Waals surface area (Å²) in [5, 5.41) is 4.60. The Morgan fingerprint density at radius 1 is 1.36 bits per heavy atom. The normalized spacial score (nSPS) is 8.00. The van der Waals surface area contributed by atoms with Crippen molar-refractivity contribution in [2.45, 2.75) is 0 Å². The third kappa shape index (κ3) is 4.90. The minimum Gasteiger partial charge on any atom is -0.343 e. The second-order valence-electron chi connectivity index (χ2n) is 1.69. The maximum Gasteiger partial charge on any atom is 0.243 e. The summed E-state index contributed by atoms with van der Waals surface area (Å²) >= 11 is 0. The quantitative estimate of drug-likeness (QED) is 0.539. The van der Waals surface area contributed by atoms with Gasteiger partial charge in [0, 0.05) is 0 Å². The third-order valence-electron chi connectivity index (χ3n) is 0.872. The second-order valence-corrected chi connectivity index (χ2v) is 1.69. The first-order valence-corrected chi connectivity index (χ1v) is 3.01. The van der Waals surface area contributed by atoms with Gasteiger partial charge in [-0.2, -0.15) is 0 Å². The van der Waals surface area contributed by atoms with Crippen LogP contribution >= 0.6 is 0 Å². The summed E-state index contributed by atoms with van der Waals surface area (Å²) in [6.07, 6.45) is 2.35. The van der Waals surface area contributed by atoms with E-state index in [9.17, 15) is 9.59 Å². The first-order chi connectivity index (χ1) is 5.20. The van der Waals surface area contributed by atoms with E-state index in [1.165, 1.54) is 6.20 Å². The van der Waals surface area contributed by atoms with Gasteiger partial charge in [0.25, 0.3) is 0 Å². The van der Waals surface area contributed by atoms with E-state index < -0.39 is 0 Å². The molecule has 2 N–H and O–H groups in total. The molecule has 2 amide bonds. The van der Waals surface area contributed by atoms with Gasteiger partial charge in [-0.15, -0.1) is 0 Å². The molecule has 0 saturated heterocycles. The Bertz CT molecular complexity index is 187. The molecule has 60 valence electrons. The summed E-state index contributed by atoms with van der Waals surface area (Å²) in [6, 6.07) is 0. The van der Waals surface area contributed by atoms with Crippen LogP contribution in [0, 0.1) is 0 Å². The van der Waals surface area contributed by atoms with Crippen LogP contribution in [0.4, 0.5) is 0 Å². The minimum atomic E-state index is -0.371. The maximum absolute atomic E-state index is 10.6. The van der Waals surface area contributed by atoms with Crippen LogP contribution in [0.5, 0.6) is 0 Å². The average Bonchev–Trinajstić information content (AvgIpc) is 2.01. The Labute approximate surface area is 65.0 Å². The zero-order valence-electron chi connectivity index (χ0n) is 6.09. The Morgan fingerprint density at radius 3 is 2.45 bits per heavy atom. The zero-order chi connectivity index (χ0) is 8.69. The molecule has 0 saturated carbocycles. The number of hydrogen-bond acceptors (Lipinski definition) is 2. The van der Waals surface area contributed by atoms with Crippen LogP contribution in [0.15, 0.2) is 25.4 Å². The molecule has 0 rings (SSSR count). The number of carbonyl (C=O) groups is 2. The fourth-order valence-electron chi connectivity index (χ4n) is 0.404. The van der Waals surface area contributed by atoms with E-state index in [1.54, 1.807) is 0 Å². The topological polar surface area (TPSA) is 58.2 Å². The summed E-state index contributed by atoms with van der Waals surface area (Å²) in [5.74, 6) is -0.681. The lowest BCUT2D eigenvalue weighted by atomic mass is 10.5. The molecule has 0 spiro atoms. The number of amides is 2. The van der Waals surface area contributed by atoms with Gasteiger partial charge >= 0.3 is 0 Å². The van der Waals surface area contributed by atoms with Gasteiger partial charge in [-0.3, -0.25) is 9.59 Å². The minimum absolute atomic E-state index is 0.0587. The molecule has 0 atom stereocenters. The van der Waals surface area contributed by atoms with Crippen molar-refractivity contribution in [3.05, 3.63) is 25.4 Å². The van der Waals surface area contributed by atoms with Crippen molar-refractivity contribution in [3.8, 4) is 0 Å². The van der Waals surface area contributed by atoms with Crippen LogP contribution in [0.3, 0.4) is 0 Å². The van der Waals surface area contributed by atoms with Crippen LogP contribution < -0.4 is 10.6 Å². The molecule has 0 fully saturated rings. The van der Waals surface area contributed by atoms with E-state index in [0.29, 0.717) is 0 Å². The van der Waals surface area contributed by atoms with Gasteiger partial charge < -0.3 is 10.6 Å². The van der Waals surface area contributed by atoms with Crippen molar-refractivity contribution in [1.82, 2.24) is 10.6 Å². The number of nitrogens with one attached hydrogen (secondary N) is 2. The molecule has 0 aromatic heterocycles. The molecule has 0 aliphatic rings. The molecule has 0 aliphatic heterocycles. The van der Waals surface area contributed by atoms with Gasteiger partial charge in [-0.05, 0) is 12.3 Å². The van der Waals surface area contributed by atoms with E-state index >= 15 is 0 Å². The van der Waals surface area contributed by atoms with Crippen molar-refractivity contribution in [1.29, 1.82) is 0 Å². The second kappa shape index (κ2) is 5.22. The number of rotatable bonds is 4. The summed E-state index contributed by atoms with van der Waals surface area (Å²) in [6.45, 7) is 6.45. The van der Waals surface area contributed by atoms with Gasteiger partial charge in [0.05, 0.1) is 6.54 Å². The van der Waals surface area contributed by atoms with E-state index in [2.05, 4.69) is 23.8 Å². The molecule has 4 nitrogen and oxygen atoms in total. The highest BCUT2D eigenvalue weighted by Crippen LogP contribution is 1.67. The fraction of sp³-hybridized carbons (Fsp3) is 0.143. The Kier molecular flexibility index (Phi) is 4.47. The molecule has 0 aromatic carbocycles.